The molecule has 0 bridgehead atoms. The maximum absolute atomic E-state index is 12.3. The van der Waals surface area contributed by atoms with E-state index < -0.39 is 11.2 Å². The van der Waals surface area contributed by atoms with Crippen molar-refractivity contribution in [1.29, 1.82) is 0 Å². The maximum atomic E-state index is 12.3. The molecule has 0 fully saturated rings. The number of nitrogens with zero attached hydrogens (tertiary/aromatic N) is 1. The lowest BCUT2D eigenvalue weighted by Gasteiger charge is -2.17. The highest BCUT2D eigenvalue weighted by atomic mass is 35.5. The van der Waals surface area contributed by atoms with E-state index in [1.54, 1.807) is 44.2 Å². The van der Waals surface area contributed by atoms with Crippen LogP contribution in [0.3, 0.4) is 0 Å². The Morgan fingerprint density at radius 2 is 1.96 bits per heavy atom. The Balaban J connectivity index is 2.27. The van der Waals surface area contributed by atoms with Gasteiger partial charge in [-0.3, -0.25) is 14.3 Å². The fraction of sp³-hybridized carbons (Fsp3) is 0.400. The molecule has 0 amide bonds. The van der Waals surface area contributed by atoms with E-state index in [1.165, 1.54) is 4.57 Å². The van der Waals surface area contributed by atoms with E-state index in [4.69, 9.17) is 23.8 Å². The quantitative estimate of drug-likeness (QED) is 0.572. The molecule has 0 aliphatic heterocycles. The summed E-state index contributed by atoms with van der Waals surface area (Å²) in [5.74, 6) is -0.0238. The second-order valence-electron chi connectivity index (χ2n) is 7.35. The third-order valence-electron chi connectivity index (χ3n) is 4.25. The Kier molecular flexibility index (Phi) is 7.03. The first-order valence-corrected chi connectivity index (χ1v) is 9.62. The van der Waals surface area contributed by atoms with Crippen molar-refractivity contribution in [3.63, 3.8) is 0 Å². The van der Waals surface area contributed by atoms with Crippen LogP contribution >= 0.6 is 23.8 Å². The van der Waals surface area contributed by atoms with Crippen LogP contribution in [0.1, 0.15) is 45.6 Å². The summed E-state index contributed by atoms with van der Waals surface area (Å²) in [5, 5.41) is 21.0. The molecular weight excluding hydrogens is 384 g/mol. The smallest absolute Gasteiger partial charge is 0.262 e. The predicted octanol–water partition coefficient (Wildman–Crippen LogP) is 4.84. The number of hydrogen-bond acceptors (Lipinski definition) is 4. The van der Waals surface area contributed by atoms with Gasteiger partial charge < -0.3 is 10.2 Å². The minimum Gasteiger partial charge on any atom is -0.494 e. The predicted molar refractivity (Wildman–Crippen MR) is 112 cm³/mol. The molecule has 2 aromatic rings. The molecule has 7 heteroatoms. The van der Waals surface area contributed by atoms with Crippen LogP contribution in [-0.2, 0) is 0 Å². The number of aromatic hydroxyl groups is 1. The summed E-state index contributed by atoms with van der Waals surface area (Å²) in [6, 6.07) is 6.79. The molecule has 0 saturated heterocycles. The van der Waals surface area contributed by atoms with E-state index in [0.717, 1.165) is 12.8 Å². The molecule has 1 unspecified atom stereocenters. The number of aromatic nitrogens is 2. The van der Waals surface area contributed by atoms with Crippen molar-refractivity contribution in [3.8, 4) is 11.6 Å². The minimum atomic E-state index is -0.678. The second kappa shape index (κ2) is 8.87. The third kappa shape index (κ3) is 6.06. The molecule has 146 valence electrons. The molecule has 3 N–H and O–H groups in total. The van der Waals surface area contributed by atoms with Crippen LogP contribution in [0.25, 0.3) is 11.8 Å². The van der Waals surface area contributed by atoms with Crippen LogP contribution in [0, 0.1) is 10.7 Å². The molecule has 2 rings (SSSR count). The SMILES string of the molecule is CC(C=Cc1c(O)n(-c2ccc(Cl)cc2)c(=S)[nH]c1=O)CCCC(C)(C)O. The molecular formula is C20H25ClN2O3S. The van der Waals surface area contributed by atoms with Crippen LogP contribution in [0.5, 0.6) is 5.88 Å². The normalized spacial score (nSPS) is 13.2. The van der Waals surface area contributed by atoms with Gasteiger partial charge in [0.05, 0.1) is 16.9 Å². The van der Waals surface area contributed by atoms with Crippen molar-refractivity contribution >= 4 is 29.9 Å². The van der Waals surface area contributed by atoms with Crippen molar-refractivity contribution in [2.24, 2.45) is 5.92 Å². The van der Waals surface area contributed by atoms with Crippen molar-refractivity contribution < 1.29 is 10.2 Å². The zero-order valence-electron chi connectivity index (χ0n) is 15.7. The molecule has 5 nitrogen and oxygen atoms in total. The maximum Gasteiger partial charge on any atom is 0.262 e. The molecule has 0 saturated carbocycles. The Morgan fingerprint density at radius 1 is 1.33 bits per heavy atom. The highest BCUT2D eigenvalue weighted by Gasteiger charge is 2.14. The fourth-order valence-electron chi connectivity index (χ4n) is 2.73. The van der Waals surface area contributed by atoms with E-state index >= 15 is 0 Å². The number of benzene rings is 1. The largest absolute Gasteiger partial charge is 0.494 e. The van der Waals surface area contributed by atoms with E-state index in [-0.39, 0.29) is 22.1 Å². The summed E-state index contributed by atoms with van der Waals surface area (Å²) in [4.78, 5) is 14.8. The van der Waals surface area contributed by atoms with Crippen LogP contribution in [0.15, 0.2) is 35.1 Å². The summed E-state index contributed by atoms with van der Waals surface area (Å²) in [6.45, 7) is 5.61. The molecule has 0 aliphatic carbocycles. The average Bonchev–Trinajstić information content (AvgIpc) is 2.55. The summed E-state index contributed by atoms with van der Waals surface area (Å²) in [6.07, 6.45) is 5.94. The Bertz CT molecular complexity index is 924. The van der Waals surface area contributed by atoms with Gasteiger partial charge >= 0.3 is 0 Å². The van der Waals surface area contributed by atoms with Gasteiger partial charge in [-0.1, -0.05) is 31.0 Å². The Hall–Kier alpha value is -1.89. The lowest BCUT2D eigenvalue weighted by molar-refractivity contribution is 0.0675. The second-order valence-corrected chi connectivity index (χ2v) is 8.17. The number of hydrogen-bond donors (Lipinski definition) is 3. The number of halogens is 1. The Labute approximate surface area is 169 Å². The molecule has 0 aliphatic rings. The lowest BCUT2D eigenvalue weighted by atomic mass is 9.96. The number of allylic oxidation sites excluding steroid dienone is 1. The molecule has 0 radical (unpaired) electrons. The zero-order valence-corrected chi connectivity index (χ0v) is 17.3. The number of aliphatic hydroxyl groups is 1. The van der Waals surface area contributed by atoms with E-state index in [1.807, 2.05) is 13.0 Å². The molecule has 0 spiro atoms. The standard InChI is InChI=1S/C20H25ClN2O3S/c1-13(5-4-12-20(2,3)26)6-11-16-17(24)22-19(27)23(18(16)25)15-9-7-14(21)8-10-15/h6-11,13,25-26H,4-5,12H2,1-3H3,(H,22,24,27). The van der Waals surface area contributed by atoms with E-state index in [9.17, 15) is 15.0 Å². The minimum absolute atomic E-state index is 0.107. The summed E-state index contributed by atoms with van der Waals surface area (Å²) in [5.41, 5.74) is -0.371. The van der Waals surface area contributed by atoms with E-state index in [2.05, 4.69) is 4.98 Å². The number of nitrogens with one attached hydrogen (secondary N) is 1. The molecule has 1 atom stereocenters. The van der Waals surface area contributed by atoms with Gasteiger partial charge in [0.25, 0.3) is 5.56 Å². The molecule has 1 aromatic carbocycles. The van der Waals surface area contributed by atoms with Gasteiger partial charge in [0.1, 0.15) is 0 Å². The summed E-state index contributed by atoms with van der Waals surface area (Å²) < 4.78 is 1.50. The monoisotopic (exact) mass is 408 g/mol. The molecule has 1 aromatic heterocycles. The number of H-pyrrole nitrogens is 1. The topological polar surface area (TPSA) is 78.2 Å². The van der Waals surface area contributed by atoms with E-state index in [0.29, 0.717) is 17.1 Å². The first kappa shape index (κ1) is 21.4. The van der Waals surface area contributed by atoms with Gasteiger partial charge in [0.2, 0.25) is 5.88 Å². The molecule has 27 heavy (non-hydrogen) atoms. The van der Waals surface area contributed by atoms with Gasteiger partial charge in [0, 0.05) is 5.02 Å². The van der Waals surface area contributed by atoms with Gasteiger partial charge in [-0.05, 0) is 75.2 Å². The highest BCUT2D eigenvalue weighted by molar-refractivity contribution is 7.71. The zero-order chi connectivity index (χ0) is 20.2. The van der Waals surface area contributed by atoms with Crippen LogP contribution in [0.2, 0.25) is 5.02 Å². The van der Waals surface area contributed by atoms with Crippen LogP contribution < -0.4 is 5.56 Å². The van der Waals surface area contributed by atoms with Gasteiger partial charge in [-0.2, -0.15) is 0 Å². The van der Waals surface area contributed by atoms with Gasteiger partial charge in [-0.25, -0.2) is 0 Å². The number of rotatable bonds is 7. The first-order chi connectivity index (χ1) is 12.6. The van der Waals surface area contributed by atoms with Crippen molar-refractivity contribution in [3.05, 3.63) is 56.1 Å². The summed E-state index contributed by atoms with van der Waals surface area (Å²) >= 11 is 11.1. The fourth-order valence-corrected chi connectivity index (χ4v) is 3.14. The van der Waals surface area contributed by atoms with Gasteiger partial charge in [-0.15, -0.1) is 0 Å². The van der Waals surface area contributed by atoms with Crippen LogP contribution in [-0.4, -0.2) is 25.4 Å². The lowest BCUT2D eigenvalue weighted by Crippen LogP contribution is -2.18. The third-order valence-corrected chi connectivity index (χ3v) is 4.78. The average molecular weight is 409 g/mol. The summed E-state index contributed by atoms with van der Waals surface area (Å²) in [7, 11) is 0. The highest BCUT2D eigenvalue weighted by Crippen LogP contribution is 2.23. The Morgan fingerprint density at radius 3 is 2.56 bits per heavy atom. The van der Waals surface area contributed by atoms with Crippen LogP contribution in [0.4, 0.5) is 0 Å². The van der Waals surface area contributed by atoms with Crippen molar-refractivity contribution in [2.75, 3.05) is 0 Å². The first-order valence-electron chi connectivity index (χ1n) is 8.83. The van der Waals surface area contributed by atoms with Crippen molar-refractivity contribution in [1.82, 2.24) is 9.55 Å². The van der Waals surface area contributed by atoms with Crippen molar-refractivity contribution in [2.45, 2.75) is 45.6 Å². The van der Waals surface area contributed by atoms with Gasteiger partial charge in [0.15, 0.2) is 4.77 Å². The number of aromatic amines is 1. The molecule has 1 heterocycles.